The van der Waals surface area contributed by atoms with Gasteiger partial charge in [-0.3, -0.25) is 14.5 Å². The van der Waals surface area contributed by atoms with Crippen LogP contribution in [0.15, 0.2) is 11.2 Å². The molecule has 2 aliphatic heterocycles. The maximum Gasteiger partial charge on any atom is 0.230 e. The third-order valence-corrected chi connectivity index (χ3v) is 6.85. The van der Waals surface area contributed by atoms with Gasteiger partial charge >= 0.3 is 0 Å². The fourth-order valence-electron chi connectivity index (χ4n) is 4.04. The van der Waals surface area contributed by atoms with Gasteiger partial charge in [0.25, 0.3) is 0 Å². The summed E-state index contributed by atoms with van der Waals surface area (Å²) in [5.41, 5.74) is 0. The second-order valence-electron chi connectivity index (χ2n) is 8.41. The van der Waals surface area contributed by atoms with Gasteiger partial charge in [0.05, 0.1) is 19.0 Å². The molecule has 1 atom stereocenters. The number of piperazine rings is 1. The zero-order valence-corrected chi connectivity index (χ0v) is 21.2. The van der Waals surface area contributed by atoms with Gasteiger partial charge in [-0.15, -0.1) is 0 Å². The molecule has 1 aromatic rings. The van der Waals surface area contributed by atoms with Crippen LogP contribution in [0.5, 0.6) is 0 Å². The van der Waals surface area contributed by atoms with Gasteiger partial charge in [-0.1, -0.05) is 30.3 Å². The Hall–Kier alpha value is -1.62. The predicted octanol–water partition coefficient (Wildman–Crippen LogP) is 1.90. The molecule has 0 radical (unpaired) electrons. The Morgan fingerprint density at radius 1 is 1.24 bits per heavy atom. The van der Waals surface area contributed by atoms with Gasteiger partial charge in [0.1, 0.15) is 11.0 Å². The molecule has 3 heterocycles. The highest BCUT2D eigenvalue weighted by atomic mass is 35.5. The third kappa shape index (κ3) is 8.27. The van der Waals surface area contributed by atoms with Gasteiger partial charge in [0.2, 0.25) is 11.8 Å². The Morgan fingerprint density at radius 3 is 2.76 bits per heavy atom. The molecule has 11 heteroatoms. The van der Waals surface area contributed by atoms with Crippen molar-refractivity contribution in [2.24, 2.45) is 0 Å². The molecular formula is C22H35ClN6O3S. The number of carbonyl (C=O) groups excluding carboxylic acids is 2. The highest BCUT2D eigenvalue weighted by Crippen LogP contribution is 2.24. The van der Waals surface area contributed by atoms with Crippen molar-refractivity contribution in [3.05, 3.63) is 11.2 Å². The Balaban J connectivity index is 1.44. The number of morpholine rings is 1. The smallest absolute Gasteiger partial charge is 0.230 e. The summed E-state index contributed by atoms with van der Waals surface area (Å²) in [6.07, 6.45) is 2.36. The molecule has 1 N–H and O–H groups in total. The first-order valence-corrected chi connectivity index (χ1v) is 13.1. The quantitative estimate of drug-likeness (QED) is 0.226. The summed E-state index contributed by atoms with van der Waals surface area (Å²) in [6.45, 7) is 11.2. The lowest BCUT2D eigenvalue weighted by Gasteiger charge is -2.40. The molecule has 2 fully saturated rings. The topological polar surface area (TPSA) is 90.9 Å². The van der Waals surface area contributed by atoms with Crippen molar-refractivity contribution in [2.75, 3.05) is 69.7 Å². The van der Waals surface area contributed by atoms with Crippen LogP contribution >= 0.6 is 23.4 Å². The van der Waals surface area contributed by atoms with Crippen LogP contribution in [0.4, 0.5) is 5.82 Å². The first-order valence-electron chi connectivity index (χ1n) is 11.7. The minimum absolute atomic E-state index is 0.0382. The van der Waals surface area contributed by atoms with E-state index in [0.717, 1.165) is 51.5 Å². The van der Waals surface area contributed by atoms with Crippen molar-refractivity contribution in [3.63, 3.8) is 0 Å². The van der Waals surface area contributed by atoms with Gasteiger partial charge in [-0.2, -0.15) is 0 Å². The number of nitrogens with zero attached hydrogens (tertiary/aromatic N) is 5. The first-order chi connectivity index (χ1) is 16.0. The third-order valence-electron chi connectivity index (χ3n) is 5.81. The molecule has 2 amide bonds. The minimum atomic E-state index is -0.0382. The van der Waals surface area contributed by atoms with Crippen molar-refractivity contribution in [1.82, 2.24) is 25.1 Å². The van der Waals surface area contributed by atoms with Crippen LogP contribution in [0, 0.1) is 0 Å². The summed E-state index contributed by atoms with van der Waals surface area (Å²) >= 11 is 7.53. The van der Waals surface area contributed by atoms with Crippen molar-refractivity contribution in [3.8, 4) is 0 Å². The second-order valence-corrected chi connectivity index (χ2v) is 9.74. The summed E-state index contributed by atoms with van der Waals surface area (Å²) in [5.74, 6) is 1.15. The first kappa shape index (κ1) is 26.0. The zero-order valence-electron chi connectivity index (χ0n) is 19.6. The lowest BCUT2D eigenvalue weighted by molar-refractivity contribution is -0.133. The van der Waals surface area contributed by atoms with Crippen molar-refractivity contribution in [1.29, 1.82) is 0 Å². The minimum Gasteiger partial charge on any atom is -0.379 e. The molecule has 184 valence electrons. The maximum atomic E-state index is 12.3. The van der Waals surface area contributed by atoms with Crippen molar-refractivity contribution >= 4 is 41.0 Å². The van der Waals surface area contributed by atoms with E-state index in [4.69, 9.17) is 16.3 Å². The van der Waals surface area contributed by atoms with Crippen molar-refractivity contribution in [2.45, 2.75) is 44.3 Å². The fourth-order valence-corrected chi connectivity index (χ4v) is 4.95. The van der Waals surface area contributed by atoms with Crippen LogP contribution in [0.2, 0.25) is 5.15 Å². The number of aromatic nitrogens is 2. The molecule has 2 aliphatic rings. The number of amides is 2. The number of halogens is 1. The van der Waals surface area contributed by atoms with Gasteiger partial charge in [0, 0.05) is 57.8 Å². The van der Waals surface area contributed by atoms with E-state index in [1.807, 2.05) is 11.8 Å². The van der Waals surface area contributed by atoms with Gasteiger partial charge in [-0.05, 0) is 26.3 Å². The Bertz CT molecular complexity index is 795. The monoisotopic (exact) mass is 498 g/mol. The predicted molar refractivity (Wildman–Crippen MR) is 131 cm³/mol. The molecule has 0 saturated carbocycles. The Morgan fingerprint density at radius 2 is 2.03 bits per heavy atom. The van der Waals surface area contributed by atoms with Crippen LogP contribution in [0.25, 0.3) is 0 Å². The van der Waals surface area contributed by atoms with Crippen molar-refractivity contribution < 1.29 is 14.3 Å². The summed E-state index contributed by atoms with van der Waals surface area (Å²) in [5, 5.41) is 3.80. The number of ether oxygens (including phenoxy) is 1. The van der Waals surface area contributed by atoms with E-state index in [9.17, 15) is 9.59 Å². The Labute approximate surface area is 205 Å². The van der Waals surface area contributed by atoms with Crippen LogP contribution in [0.3, 0.4) is 0 Å². The van der Waals surface area contributed by atoms with Crippen LogP contribution in [-0.4, -0.2) is 102 Å². The largest absolute Gasteiger partial charge is 0.379 e. The second kappa shape index (κ2) is 13.3. The molecule has 33 heavy (non-hydrogen) atoms. The van der Waals surface area contributed by atoms with Crippen LogP contribution in [-0.2, 0) is 14.3 Å². The molecule has 1 unspecified atom stereocenters. The average Bonchev–Trinajstić information content (AvgIpc) is 2.81. The van der Waals surface area contributed by atoms with Crippen LogP contribution in [0.1, 0.15) is 33.1 Å². The highest BCUT2D eigenvalue weighted by Gasteiger charge is 2.28. The summed E-state index contributed by atoms with van der Waals surface area (Å²) in [6, 6.07) is 1.85. The number of nitrogens with one attached hydrogen (secondary N) is 1. The lowest BCUT2D eigenvalue weighted by Crippen LogP contribution is -2.54. The van der Waals surface area contributed by atoms with Gasteiger partial charge in [0.15, 0.2) is 5.16 Å². The van der Waals surface area contributed by atoms with E-state index in [0.29, 0.717) is 42.9 Å². The lowest BCUT2D eigenvalue weighted by atomic mass is 10.1. The fraction of sp³-hybridized carbons (Fsp3) is 0.727. The van der Waals surface area contributed by atoms with Gasteiger partial charge in [-0.25, -0.2) is 9.97 Å². The molecular weight excluding hydrogens is 464 g/mol. The summed E-state index contributed by atoms with van der Waals surface area (Å²) in [7, 11) is 0. The molecule has 0 aromatic carbocycles. The number of hydrogen-bond donors (Lipinski definition) is 1. The zero-order chi connectivity index (χ0) is 23.6. The molecule has 0 aliphatic carbocycles. The van der Waals surface area contributed by atoms with E-state index < -0.39 is 0 Å². The number of thioether (sulfide) groups is 1. The Kier molecular flexibility index (Phi) is 10.5. The molecule has 0 spiro atoms. The molecule has 0 bridgehead atoms. The number of rotatable bonds is 10. The maximum absolute atomic E-state index is 12.3. The molecule has 9 nitrogen and oxygen atoms in total. The molecule has 2 saturated heterocycles. The normalized spacial score (nSPS) is 19.5. The average molecular weight is 499 g/mol. The van der Waals surface area contributed by atoms with E-state index in [-0.39, 0.29) is 23.6 Å². The number of carbonyl (C=O) groups is 2. The highest BCUT2D eigenvalue weighted by molar-refractivity contribution is 7.99. The summed E-state index contributed by atoms with van der Waals surface area (Å²) in [4.78, 5) is 39.8. The molecule has 3 rings (SSSR count). The van der Waals surface area contributed by atoms with E-state index in [1.165, 1.54) is 11.8 Å². The molecule has 1 aromatic heterocycles. The van der Waals surface area contributed by atoms with Crippen LogP contribution < -0.4 is 10.2 Å². The van der Waals surface area contributed by atoms with E-state index in [1.54, 1.807) is 6.07 Å². The van der Waals surface area contributed by atoms with E-state index >= 15 is 0 Å². The van der Waals surface area contributed by atoms with Gasteiger partial charge < -0.3 is 19.9 Å². The number of anilines is 1. The summed E-state index contributed by atoms with van der Waals surface area (Å²) < 4.78 is 5.35. The number of hydrogen-bond acceptors (Lipinski definition) is 8. The standard InChI is InChI=1S/C22H35ClN6O3S/c1-3-5-21(31)29-9-8-28(15-17(29)2)19-14-18(23)25-22(26-19)33-16-20(30)24-6-4-7-27-10-12-32-13-11-27/h14,17H,3-13,15-16H2,1-2H3,(H,24,30). The SMILES string of the molecule is CCCC(=O)N1CCN(c2cc(Cl)nc(SCC(=O)NCCCN3CCOCC3)n2)CC1C. The van der Waals surface area contributed by atoms with E-state index in [2.05, 4.69) is 32.0 Å².